The van der Waals surface area contributed by atoms with Crippen molar-refractivity contribution in [1.29, 1.82) is 0 Å². The summed E-state index contributed by atoms with van der Waals surface area (Å²) in [7, 11) is 1.97. The van der Waals surface area contributed by atoms with Crippen LogP contribution in [0.5, 0.6) is 0 Å². The number of benzene rings is 1. The smallest absolute Gasteiger partial charge is 0.0897 e. The SMILES string of the molecule is CNC(c1cnc(C)s1)c1cccc2cccnc12. The molecule has 1 atom stereocenters. The monoisotopic (exact) mass is 269 g/mol. The molecule has 2 heterocycles. The normalized spacial score (nSPS) is 12.7. The molecule has 4 heteroatoms. The maximum absolute atomic E-state index is 4.53. The minimum absolute atomic E-state index is 0.143. The van der Waals surface area contributed by atoms with Gasteiger partial charge in [0.1, 0.15) is 0 Å². The van der Waals surface area contributed by atoms with Crippen LogP contribution in [0.4, 0.5) is 0 Å². The van der Waals surface area contributed by atoms with Crippen molar-refractivity contribution < 1.29 is 0 Å². The van der Waals surface area contributed by atoms with Gasteiger partial charge < -0.3 is 5.32 Å². The third-order valence-corrected chi connectivity index (χ3v) is 4.16. The number of aryl methyl sites for hydroxylation is 1. The molecule has 19 heavy (non-hydrogen) atoms. The van der Waals surface area contributed by atoms with Crippen molar-refractivity contribution in [2.75, 3.05) is 7.05 Å². The minimum Gasteiger partial charge on any atom is -0.309 e. The van der Waals surface area contributed by atoms with Crippen LogP contribution in [0.2, 0.25) is 0 Å². The Morgan fingerprint density at radius 1 is 1.16 bits per heavy atom. The lowest BCUT2D eigenvalue weighted by Gasteiger charge is -2.16. The number of hydrogen-bond donors (Lipinski definition) is 1. The van der Waals surface area contributed by atoms with E-state index < -0.39 is 0 Å². The maximum Gasteiger partial charge on any atom is 0.0897 e. The second-order valence-corrected chi connectivity index (χ2v) is 5.69. The fraction of sp³-hybridized carbons (Fsp3) is 0.200. The average molecular weight is 269 g/mol. The number of thiazole rings is 1. The molecule has 0 saturated heterocycles. The molecule has 1 unspecified atom stereocenters. The second kappa shape index (κ2) is 5.07. The highest BCUT2D eigenvalue weighted by Gasteiger charge is 2.17. The summed E-state index contributed by atoms with van der Waals surface area (Å²) >= 11 is 1.72. The van der Waals surface area contributed by atoms with Crippen LogP contribution in [-0.2, 0) is 0 Å². The zero-order valence-corrected chi connectivity index (χ0v) is 11.7. The lowest BCUT2D eigenvalue weighted by molar-refractivity contribution is 0.706. The number of rotatable bonds is 3. The van der Waals surface area contributed by atoms with Crippen LogP contribution < -0.4 is 5.32 Å². The predicted molar refractivity (Wildman–Crippen MR) is 79.5 cm³/mol. The molecule has 0 fully saturated rings. The summed E-state index contributed by atoms with van der Waals surface area (Å²) in [5.74, 6) is 0. The number of aromatic nitrogens is 2. The number of para-hydroxylation sites is 1. The second-order valence-electron chi connectivity index (χ2n) is 4.43. The highest BCUT2D eigenvalue weighted by molar-refractivity contribution is 7.11. The van der Waals surface area contributed by atoms with Gasteiger partial charge in [0.15, 0.2) is 0 Å². The molecule has 0 bridgehead atoms. The van der Waals surface area contributed by atoms with Gasteiger partial charge in [0.05, 0.1) is 16.6 Å². The van der Waals surface area contributed by atoms with Gasteiger partial charge in [-0.05, 0) is 20.0 Å². The van der Waals surface area contributed by atoms with Gasteiger partial charge in [-0.3, -0.25) is 4.98 Å². The summed E-state index contributed by atoms with van der Waals surface area (Å²) in [5.41, 5.74) is 2.25. The first-order chi connectivity index (χ1) is 9.29. The summed E-state index contributed by atoms with van der Waals surface area (Å²) in [5, 5.41) is 5.63. The van der Waals surface area contributed by atoms with E-state index in [1.807, 2.05) is 32.4 Å². The molecule has 3 rings (SSSR count). The molecular formula is C15H15N3S. The van der Waals surface area contributed by atoms with Crippen LogP contribution in [-0.4, -0.2) is 17.0 Å². The van der Waals surface area contributed by atoms with Crippen LogP contribution in [0.15, 0.2) is 42.7 Å². The summed E-state index contributed by atoms with van der Waals surface area (Å²) < 4.78 is 0. The summed E-state index contributed by atoms with van der Waals surface area (Å²) in [4.78, 5) is 10.1. The Bertz CT molecular complexity index is 700. The van der Waals surface area contributed by atoms with E-state index in [0.717, 1.165) is 10.5 Å². The van der Waals surface area contributed by atoms with Gasteiger partial charge >= 0.3 is 0 Å². The lowest BCUT2D eigenvalue weighted by Crippen LogP contribution is -2.17. The number of pyridine rings is 1. The van der Waals surface area contributed by atoms with Crippen LogP contribution in [0, 0.1) is 6.92 Å². The van der Waals surface area contributed by atoms with Crippen LogP contribution >= 0.6 is 11.3 Å². The van der Waals surface area contributed by atoms with Gasteiger partial charge in [-0.1, -0.05) is 24.3 Å². The molecule has 2 aromatic heterocycles. The largest absolute Gasteiger partial charge is 0.309 e. The molecule has 3 nitrogen and oxygen atoms in total. The lowest BCUT2D eigenvalue weighted by atomic mass is 10.0. The maximum atomic E-state index is 4.53. The third-order valence-electron chi connectivity index (χ3n) is 3.19. The first-order valence-electron chi connectivity index (χ1n) is 6.23. The zero-order valence-electron chi connectivity index (χ0n) is 10.9. The van der Waals surface area contributed by atoms with E-state index in [-0.39, 0.29) is 6.04 Å². The summed E-state index contributed by atoms with van der Waals surface area (Å²) in [6.07, 6.45) is 3.79. The molecule has 0 aliphatic carbocycles. The van der Waals surface area contributed by atoms with Crippen molar-refractivity contribution in [2.24, 2.45) is 0 Å². The van der Waals surface area contributed by atoms with Crippen molar-refractivity contribution in [1.82, 2.24) is 15.3 Å². The van der Waals surface area contributed by atoms with Gasteiger partial charge in [-0.2, -0.15) is 0 Å². The van der Waals surface area contributed by atoms with Crippen molar-refractivity contribution in [3.63, 3.8) is 0 Å². The Hall–Kier alpha value is -1.78. The molecule has 96 valence electrons. The van der Waals surface area contributed by atoms with E-state index in [1.165, 1.54) is 15.8 Å². The molecule has 3 aromatic rings. The third kappa shape index (κ3) is 2.25. The van der Waals surface area contributed by atoms with Crippen LogP contribution in [0.3, 0.4) is 0 Å². The molecule has 0 aliphatic rings. The van der Waals surface area contributed by atoms with Crippen molar-refractivity contribution in [3.05, 3.63) is 58.2 Å². The van der Waals surface area contributed by atoms with E-state index in [1.54, 1.807) is 11.3 Å². The summed E-state index contributed by atoms with van der Waals surface area (Å²) in [6, 6.07) is 10.5. The quantitative estimate of drug-likeness (QED) is 0.792. The molecule has 0 amide bonds. The highest BCUT2D eigenvalue weighted by atomic mass is 32.1. The van der Waals surface area contributed by atoms with E-state index in [4.69, 9.17) is 0 Å². The van der Waals surface area contributed by atoms with Gasteiger partial charge in [0.2, 0.25) is 0 Å². The highest BCUT2D eigenvalue weighted by Crippen LogP contribution is 2.30. The summed E-state index contributed by atoms with van der Waals surface area (Å²) in [6.45, 7) is 2.03. The molecule has 0 aliphatic heterocycles. The first kappa shape index (κ1) is 12.3. The fourth-order valence-electron chi connectivity index (χ4n) is 2.32. The Morgan fingerprint density at radius 3 is 2.74 bits per heavy atom. The number of hydrogen-bond acceptors (Lipinski definition) is 4. The van der Waals surface area contributed by atoms with Crippen LogP contribution in [0.25, 0.3) is 10.9 Å². The number of nitrogens with zero attached hydrogens (tertiary/aromatic N) is 2. The predicted octanol–water partition coefficient (Wildman–Crippen LogP) is 3.31. The van der Waals surface area contributed by atoms with Gasteiger partial charge in [0, 0.05) is 28.2 Å². The molecule has 0 spiro atoms. The van der Waals surface area contributed by atoms with E-state index in [0.29, 0.717) is 0 Å². The van der Waals surface area contributed by atoms with E-state index in [9.17, 15) is 0 Å². The van der Waals surface area contributed by atoms with E-state index >= 15 is 0 Å². The topological polar surface area (TPSA) is 37.8 Å². The van der Waals surface area contributed by atoms with Crippen molar-refractivity contribution in [3.8, 4) is 0 Å². The van der Waals surface area contributed by atoms with Crippen molar-refractivity contribution in [2.45, 2.75) is 13.0 Å². The van der Waals surface area contributed by atoms with Gasteiger partial charge in [0.25, 0.3) is 0 Å². The molecule has 1 N–H and O–H groups in total. The minimum atomic E-state index is 0.143. The molecule has 0 saturated carbocycles. The molecular weight excluding hydrogens is 254 g/mol. The Kier molecular flexibility index (Phi) is 3.27. The Morgan fingerprint density at radius 2 is 2.00 bits per heavy atom. The first-order valence-corrected chi connectivity index (χ1v) is 7.04. The average Bonchev–Trinajstić information content (AvgIpc) is 2.86. The fourth-order valence-corrected chi connectivity index (χ4v) is 3.24. The Balaban J connectivity index is 2.16. The Labute approximate surface area is 116 Å². The molecule has 0 radical (unpaired) electrons. The number of nitrogens with one attached hydrogen (secondary N) is 1. The van der Waals surface area contributed by atoms with Crippen molar-refractivity contribution >= 4 is 22.2 Å². The van der Waals surface area contributed by atoms with Crippen LogP contribution in [0.1, 0.15) is 21.5 Å². The standard InChI is InChI=1S/C15H15N3S/c1-10-18-9-13(19-10)15(16-2)12-7-3-5-11-6-4-8-17-14(11)12/h3-9,15-16H,1-2H3. The molecule has 1 aromatic carbocycles. The van der Waals surface area contributed by atoms with E-state index in [2.05, 4.69) is 39.6 Å². The number of fused-ring (bicyclic) bond motifs is 1. The zero-order chi connectivity index (χ0) is 13.2. The van der Waals surface area contributed by atoms with Gasteiger partial charge in [-0.25, -0.2) is 4.98 Å². The van der Waals surface area contributed by atoms with Gasteiger partial charge in [-0.15, -0.1) is 11.3 Å².